The van der Waals surface area contributed by atoms with Crippen molar-refractivity contribution in [2.75, 3.05) is 54.9 Å². The van der Waals surface area contributed by atoms with Crippen LogP contribution in [0.4, 0.5) is 0 Å². The quantitative estimate of drug-likeness (QED) is 0.104. The lowest BCUT2D eigenvalue weighted by Gasteiger charge is -2.15. The predicted molar refractivity (Wildman–Crippen MR) is 180 cm³/mol. The summed E-state index contributed by atoms with van der Waals surface area (Å²) in [4.78, 5) is 0. The molecule has 0 heterocycles. The minimum atomic E-state index is -0.628. The number of hydrogen-bond donors (Lipinski definition) is 2. The molecule has 0 aliphatic rings. The molecule has 9 heteroatoms. The second-order valence-electron chi connectivity index (χ2n) is 10.9. The third kappa shape index (κ3) is 10.8. The zero-order chi connectivity index (χ0) is 33.4. The Morgan fingerprint density at radius 2 is 0.915 bits per heavy atom. The van der Waals surface area contributed by atoms with Gasteiger partial charge in [-0.05, 0) is 96.5 Å². The molecule has 47 heavy (non-hydrogen) atoms. The second kappa shape index (κ2) is 18.6. The summed E-state index contributed by atoms with van der Waals surface area (Å²) in [6.07, 6.45) is 1.24. The van der Waals surface area contributed by atoms with Crippen LogP contribution in [0.3, 0.4) is 0 Å². The SMILES string of the molecule is COc1ccc(CC[C@@H](O)c2cccc(OCCOCCOc3cccc([C@H](O)CCc4ccc(OC)c(OC)c4)c3)c2)cc1OC. The van der Waals surface area contributed by atoms with Crippen molar-refractivity contribution in [3.05, 3.63) is 107 Å². The highest BCUT2D eigenvalue weighted by atomic mass is 16.5. The van der Waals surface area contributed by atoms with E-state index in [9.17, 15) is 10.2 Å². The van der Waals surface area contributed by atoms with Gasteiger partial charge < -0.3 is 43.4 Å². The summed E-state index contributed by atoms with van der Waals surface area (Å²) in [6, 6.07) is 26.6. The Hall–Kier alpha value is -4.44. The Balaban J connectivity index is 1.13. The first-order valence-electron chi connectivity index (χ1n) is 15.7. The van der Waals surface area contributed by atoms with Gasteiger partial charge in [0.1, 0.15) is 24.7 Å². The average Bonchev–Trinajstić information content (AvgIpc) is 3.12. The van der Waals surface area contributed by atoms with Crippen molar-refractivity contribution in [1.82, 2.24) is 0 Å². The van der Waals surface area contributed by atoms with E-state index < -0.39 is 12.2 Å². The van der Waals surface area contributed by atoms with Gasteiger partial charge in [0.25, 0.3) is 0 Å². The second-order valence-corrected chi connectivity index (χ2v) is 10.9. The molecule has 4 aromatic carbocycles. The standard InChI is InChI=1S/C38H46O9/c1-41-35-17-13-27(23-37(35)43-3)11-15-33(39)29-7-5-9-31(25-29)46-21-19-45-20-22-47-32-10-6-8-30(26-32)34(40)16-12-28-14-18-36(42-2)38(24-28)44-4/h5-10,13-14,17-18,23-26,33-34,39-40H,11-12,15-16,19-22H2,1-4H3/t33-,34-/m1/s1. The van der Waals surface area contributed by atoms with Crippen molar-refractivity contribution >= 4 is 0 Å². The predicted octanol–water partition coefficient (Wildman–Crippen LogP) is 6.53. The minimum absolute atomic E-state index is 0.368. The van der Waals surface area contributed by atoms with Crippen LogP contribution in [0.15, 0.2) is 84.9 Å². The van der Waals surface area contributed by atoms with E-state index in [4.69, 9.17) is 33.2 Å². The highest BCUT2D eigenvalue weighted by Crippen LogP contribution is 2.31. The van der Waals surface area contributed by atoms with Gasteiger partial charge in [-0.2, -0.15) is 0 Å². The Bertz CT molecular complexity index is 1410. The van der Waals surface area contributed by atoms with E-state index in [1.165, 1.54) is 0 Å². The first-order valence-corrected chi connectivity index (χ1v) is 15.7. The molecule has 0 aliphatic heterocycles. The topological polar surface area (TPSA) is 105 Å². The van der Waals surface area contributed by atoms with Crippen LogP contribution in [0.1, 0.15) is 47.3 Å². The van der Waals surface area contributed by atoms with Crippen molar-refractivity contribution < 1.29 is 43.4 Å². The van der Waals surface area contributed by atoms with E-state index in [0.29, 0.717) is 86.6 Å². The van der Waals surface area contributed by atoms with Crippen LogP contribution in [-0.4, -0.2) is 65.1 Å². The first kappa shape index (κ1) is 35.4. The molecule has 2 atom stereocenters. The normalized spacial score (nSPS) is 12.2. The average molecular weight is 647 g/mol. The lowest BCUT2D eigenvalue weighted by Crippen LogP contribution is -2.12. The summed E-state index contributed by atoms with van der Waals surface area (Å²) in [5.74, 6) is 4.06. The molecule has 9 nitrogen and oxygen atoms in total. The minimum Gasteiger partial charge on any atom is -0.493 e. The molecule has 252 valence electrons. The fourth-order valence-corrected chi connectivity index (χ4v) is 5.17. The fraction of sp³-hybridized carbons (Fsp3) is 0.368. The molecule has 0 fully saturated rings. The fourth-order valence-electron chi connectivity index (χ4n) is 5.17. The first-order chi connectivity index (χ1) is 22.9. The maximum absolute atomic E-state index is 10.8. The van der Waals surface area contributed by atoms with Crippen molar-refractivity contribution in [2.24, 2.45) is 0 Å². The molecule has 0 bridgehead atoms. The molecular formula is C38H46O9. The van der Waals surface area contributed by atoms with Gasteiger partial charge in [0.2, 0.25) is 0 Å². The molecule has 0 unspecified atom stereocenters. The lowest BCUT2D eigenvalue weighted by molar-refractivity contribution is 0.0762. The summed E-state index contributed by atoms with van der Waals surface area (Å²) in [5.41, 5.74) is 3.71. The van der Waals surface area contributed by atoms with Gasteiger partial charge in [-0.3, -0.25) is 0 Å². The number of benzene rings is 4. The summed E-state index contributed by atoms with van der Waals surface area (Å²) >= 11 is 0. The zero-order valence-corrected chi connectivity index (χ0v) is 27.6. The number of aliphatic hydroxyl groups excluding tert-OH is 2. The monoisotopic (exact) mass is 646 g/mol. The Morgan fingerprint density at radius 3 is 1.32 bits per heavy atom. The Morgan fingerprint density at radius 1 is 0.489 bits per heavy atom. The maximum Gasteiger partial charge on any atom is 0.160 e. The van der Waals surface area contributed by atoms with Gasteiger partial charge in [-0.1, -0.05) is 36.4 Å². The van der Waals surface area contributed by atoms with E-state index in [2.05, 4.69) is 0 Å². The Labute approximate surface area is 277 Å². The molecule has 0 aromatic heterocycles. The largest absolute Gasteiger partial charge is 0.493 e. The van der Waals surface area contributed by atoms with Crippen LogP contribution < -0.4 is 28.4 Å². The lowest BCUT2D eigenvalue weighted by atomic mass is 10.0. The van der Waals surface area contributed by atoms with E-state index in [1.54, 1.807) is 28.4 Å². The van der Waals surface area contributed by atoms with Crippen LogP contribution in [0.5, 0.6) is 34.5 Å². The summed E-state index contributed by atoms with van der Waals surface area (Å²) < 4.78 is 38.8. The summed E-state index contributed by atoms with van der Waals surface area (Å²) in [5, 5.41) is 21.6. The van der Waals surface area contributed by atoms with Gasteiger partial charge in [0, 0.05) is 0 Å². The number of ether oxygens (including phenoxy) is 7. The molecule has 0 spiro atoms. The highest BCUT2D eigenvalue weighted by molar-refractivity contribution is 5.44. The molecular weight excluding hydrogens is 600 g/mol. The van der Waals surface area contributed by atoms with Gasteiger partial charge >= 0.3 is 0 Å². The number of aryl methyl sites for hydroxylation is 2. The van der Waals surface area contributed by atoms with Crippen LogP contribution in [0.25, 0.3) is 0 Å². The van der Waals surface area contributed by atoms with Crippen LogP contribution in [-0.2, 0) is 17.6 Å². The van der Waals surface area contributed by atoms with Crippen molar-refractivity contribution in [2.45, 2.75) is 37.9 Å². The van der Waals surface area contributed by atoms with Crippen molar-refractivity contribution in [3.63, 3.8) is 0 Å². The number of hydrogen-bond acceptors (Lipinski definition) is 9. The third-order valence-corrected chi connectivity index (χ3v) is 7.79. The zero-order valence-electron chi connectivity index (χ0n) is 27.6. The molecule has 4 aromatic rings. The van der Waals surface area contributed by atoms with E-state index in [0.717, 1.165) is 22.3 Å². The molecule has 0 aliphatic carbocycles. The third-order valence-electron chi connectivity index (χ3n) is 7.79. The van der Waals surface area contributed by atoms with E-state index >= 15 is 0 Å². The van der Waals surface area contributed by atoms with Crippen LogP contribution in [0.2, 0.25) is 0 Å². The summed E-state index contributed by atoms with van der Waals surface area (Å²) in [6.45, 7) is 1.52. The Kier molecular flexibility index (Phi) is 14.0. The van der Waals surface area contributed by atoms with E-state index in [1.807, 2.05) is 84.9 Å². The molecule has 0 saturated heterocycles. The van der Waals surface area contributed by atoms with Gasteiger partial charge in [-0.15, -0.1) is 0 Å². The smallest absolute Gasteiger partial charge is 0.160 e. The molecule has 2 N–H and O–H groups in total. The molecule has 0 radical (unpaired) electrons. The van der Waals surface area contributed by atoms with Crippen molar-refractivity contribution in [3.8, 4) is 34.5 Å². The van der Waals surface area contributed by atoms with E-state index in [-0.39, 0.29) is 0 Å². The maximum atomic E-state index is 10.8. The van der Waals surface area contributed by atoms with Gasteiger partial charge in [0.05, 0.1) is 53.9 Å². The number of methoxy groups -OCH3 is 4. The van der Waals surface area contributed by atoms with Gasteiger partial charge in [0.15, 0.2) is 23.0 Å². The highest BCUT2D eigenvalue weighted by Gasteiger charge is 2.13. The van der Waals surface area contributed by atoms with Crippen molar-refractivity contribution in [1.29, 1.82) is 0 Å². The number of aliphatic hydroxyl groups is 2. The van der Waals surface area contributed by atoms with Crippen LogP contribution >= 0.6 is 0 Å². The molecule has 0 amide bonds. The van der Waals surface area contributed by atoms with Gasteiger partial charge in [-0.25, -0.2) is 0 Å². The van der Waals surface area contributed by atoms with Crippen LogP contribution in [0, 0.1) is 0 Å². The summed E-state index contributed by atoms with van der Waals surface area (Å²) in [7, 11) is 6.44. The molecule has 4 rings (SSSR count). The number of rotatable bonds is 20. The molecule has 0 saturated carbocycles.